The zero-order valence-electron chi connectivity index (χ0n) is 20.9. The number of nitrogens with two attached hydrogens (primary N) is 2. The van der Waals surface area contributed by atoms with Gasteiger partial charge in [0.2, 0.25) is 11.9 Å². The summed E-state index contributed by atoms with van der Waals surface area (Å²) < 4.78 is 8.82. The van der Waals surface area contributed by atoms with Crippen LogP contribution in [0, 0.1) is 6.92 Å². The van der Waals surface area contributed by atoms with E-state index in [1.165, 1.54) is 19.2 Å². The molecule has 4 aromatic rings. The first-order valence-electron chi connectivity index (χ1n) is 11.7. The fraction of sp³-hybridized carbons (Fsp3) is 0.240. The van der Waals surface area contributed by atoms with E-state index in [1.807, 2.05) is 36.6 Å². The standard InChI is InChI=1S/C25H29N9O3/c1-4-34-19(12-15(2)32-34)24(36)31-25-30-18-8-7-10-29-23(18)33(25)11-6-5-9-28-21-17(26)13-16(22(27)35)14-20(21)37-3/h5-8,10,12-14,28H,4,9,11,26H2,1-3H3,(H2,27,35)(H,30,31,36)/b6-5+. The molecular formula is C25H29N9O3. The van der Waals surface area contributed by atoms with Crippen molar-refractivity contribution in [3.63, 3.8) is 0 Å². The average Bonchev–Trinajstić information content (AvgIpc) is 3.43. The number of ether oxygens (including phenoxy) is 1. The number of fused-ring (bicyclic) bond motifs is 1. The van der Waals surface area contributed by atoms with Gasteiger partial charge in [0.15, 0.2) is 5.65 Å². The molecule has 3 aromatic heterocycles. The van der Waals surface area contributed by atoms with E-state index in [0.29, 0.717) is 59.6 Å². The van der Waals surface area contributed by atoms with E-state index in [2.05, 4.69) is 25.7 Å². The Balaban J connectivity index is 1.50. The number of hydrogen-bond acceptors (Lipinski definition) is 8. The predicted octanol–water partition coefficient (Wildman–Crippen LogP) is 2.57. The Morgan fingerprint density at radius 1 is 1.22 bits per heavy atom. The van der Waals surface area contributed by atoms with Crippen molar-refractivity contribution in [2.75, 3.05) is 30.0 Å². The van der Waals surface area contributed by atoms with Gasteiger partial charge >= 0.3 is 0 Å². The maximum absolute atomic E-state index is 13.0. The Morgan fingerprint density at radius 2 is 2.03 bits per heavy atom. The van der Waals surface area contributed by atoms with Crippen LogP contribution in [0.1, 0.15) is 33.5 Å². The summed E-state index contributed by atoms with van der Waals surface area (Å²) in [6, 6.07) is 8.41. The summed E-state index contributed by atoms with van der Waals surface area (Å²) in [7, 11) is 1.49. The number of hydrogen-bond donors (Lipinski definition) is 4. The molecule has 0 radical (unpaired) electrons. The second-order valence-corrected chi connectivity index (χ2v) is 8.19. The number of amides is 2. The summed E-state index contributed by atoms with van der Waals surface area (Å²) in [5.74, 6) is -0.0919. The fourth-order valence-electron chi connectivity index (χ4n) is 3.92. The molecule has 6 N–H and O–H groups in total. The first kappa shape index (κ1) is 25.2. The molecule has 0 aliphatic carbocycles. The summed E-state index contributed by atoms with van der Waals surface area (Å²) in [6.45, 7) is 5.18. The van der Waals surface area contributed by atoms with Crippen LogP contribution in [0.5, 0.6) is 5.75 Å². The van der Waals surface area contributed by atoms with Crippen LogP contribution >= 0.6 is 0 Å². The first-order valence-corrected chi connectivity index (χ1v) is 11.7. The summed E-state index contributed by atoms with van der Waals surface area (Å²) >= 11 is 0. The molecule has 192 valence electrons. The molecule has 0 saturated carbocycles. The lowest BCUT2D eigenvalue weighted by atomic mass is 10.1. The van der Waals surface area contributed by atoms with Crippen molar-refractivity contribution in [1.29, 1.82) is 0 Å². The van der Waals surface area contributed by atoms with Crippen LogP contribution in [0.2, 0.25) is 0 Å². The molecule has 4 rings (SSSR count). The number of rotatable bonds is 10. The SMILES string of the molecule is CCn1nc(C)cc1C(=O)Nc1nc2cccnc2n1C/C=C/CNc1c(N)cc(C(N)=O)cc1OC. The number of nitrogens with zero attached hydrogens (tertiary/aromatic N) is 5. The number of primary amides is 1. The van der Waals surface area contributed by atoms with Crippen molar-refractivity contribution in [3.8, 4) is 5.75 Å². The van der Waals surface area contributed by atoms with Crippen LogP contribution in [-0.2, 0) is 13.1 Å². The van der Waals surface area contributed by atoms with E-state index in [-0.39, 0.29) is 11.5 Å². The highest BCUT2D eigenvalue weighted by molar-refractivity contribution is 6.03. The van der Waals surface area contributed by atoms with Crippen LogP contribution in [-0.4, -0.2) is 49.8 Å². The molecule has 1 aromatic carbocycles. The maximum Gasteiger partial charge on any atom is 0.276 e. The molecule has 0 aliphatic rings. The van der Waals surface area contributed by atoms with E-state index in [1.54, 1.807) is 23.0 Å². The number of aryl methyl sites for hydroxylation is 2. The van der Waals surface area contributed by atoms with Crippen molar-refractivity contribution in [3.05, 3.63) is 65.6 Å². The average molecular weight is 504 g/mol. The molecule has 0 atom stereocenters. The summed E-state index contributed by atoms with van der Waals surface area (Å²) in [6.07, 6.45) is 5.49. The summed E-state index contributed by atoms with van der Waals surface area (Å²) in [5.41, 5.74) is 15.1. The molecule has 0 saturated heterocycles. The van der Waals surface area contributed by atoms with Gasteiger partial charge in [-0.2, -0.15) is 5.10 Å². The molecule has 0 aliphatic heterocycles. The normalized spacial score (nSPS) is 11.2. The van der Waals surface area contributed by atoms with Gasteiger partial charge in [0.25, 0.3) is 5.91 Å². The van der Waals surface area contributed by atoms with Gasteiger partial charge in [-0.25, -0.2) is 9.97 Å². The number of anilines is 3. The Hall–Kier alpha value is -4.87. The monoisotopic (exact) mass is 503 g/mol. The third-order valence-corrected chi connectivity index (χ3v) is 5.65. The minimum Gasteiger partial charge on any atom is -0.494 e. The number of carbonyl (C=O) groups excluding carboxylic acids is 2. The van der Waals surface area contributed by atoms with E-state index >= 15 is 0 Å². The molecule has 12 heteroatoms. The van der Waals surface area contributed by atoms with E-state index < -0.39 is 5.91 Å². The van der Waals surface area contributed by atoms with E-state index in [0.717, 1.165) is 5.69 Å². The largest absolute Gasteiger partial charge is 0.494 e. The quantitative estimate of drug-likeness (QED) is 0.189. The van der Waals surface area contributed by atoms with E-state index in [4.69, 9.17) is 16.2 Å². The Labute approximate surface area is 213 Å². The Bertz CT molecular complexity index is 1490. The van der Waals surface area contributed by atoms with Gasteiger partial charge in [0.05, 0.1) is 18.5 Å². The van der Waals surface area contributed by atoms with Crippen molar-refractivity contribution in [2.45, 2.75) is 26.9 Å². The van der Waals surface area contributed by atoms with Gasteiger partial charge in [-0.3, -0.25) is 24.2 Å². The van der Waals surface area contributed by atoms with Crippen molar-refractivity contribution in [2.24, 2.45) is 5.73 Å². The Morgan fingerprint density at radius 3 is 2.76 bits per heavy atom. The lowest BCUT2D eigenvalue weighted by molar-refractivity contribution is 0.0995. The van der Waals surface area contributed by atoms with Gasteiger partial charge in [-0.15, -0.1) is 0 Å². The molecular weight excluding hydrogens is 474 g/mol. The van der Waals surface area contributed by atoms with Crippen LogP contribution < -0.4 is 26.8 Å². The molecule has 12 nitrogen and oxygen atoms in total. The molecule has 37 heavy (non-hydrogen) atoms. The van der Waals surface area contributed by atoms with Crippen molar-refractivity contribution in [1.82, 2.24) is 24.3 Å². The first-order chi connectivity index (χ1) is 17.8. The second kappa shape index (κ2) is 10.8. The number of benzene rings is 1. The lowest BCUT2D eigenvalue weighted by Gasteiger charge is -2.14. The molecule has 0 spiro atoms. The highest BCUT2D eigenvalue weighted by Gasteiger charge is 2.18. The van der Waals surface area contributed by atoms with Crippen LogP contribution in [0.15, 0.2) is 48.7 Å². The molecule has 0 bridgehead atoms. The third-order valence-electron chi connectivity index (χ3n) is 5.65. The highest BCUT2D eigenvalue weighted by atomic mass is 16.5. The molecule has 2 amide bonds. The highest BCUT2D eigenvalue weighted by Crippen LogP contribution is 2.32. The van der Waals surface area contributed by atoms with Crippen LogP contribution in [0.4, 0.5) is 17.3 Å². The smallest absolute Gasteiger partial charge is 0.276 e. The number of pyridine rings is 1. The number of imidazole rings is 1. The summed E-state index contributed by atoms with van der Waals surface area (Å²) in [4.78, 5) is 33.5. The minimum atomic E-state index is -0.588. The zero-order valence-corrected chi connectivity index (χ0v) is 20.9. The molecule has 3 heterocycles. The zero-order chi connectivity index (χ0) is 26.5. The van der Waals surface area contributed by atoms with Gasteiger partial charge in [0, 0.05) is 31.4 Å². The van der Waals surface area contributed by atoms with Gasteiger partial charge < -0.3 is 21.5 Å². The lowest BCUT2D eigenvalue weighted by Crippen LogP contribution is -2.20. The molecule has 0 fully saturated rings. The second-order valence-electron chi connectivity index (χ2n) is 8.19. The van der Waals surface area contributed by atoms with Crippen molar-refractivity contribution >= 4 is 40.3 Å². The van der Waals surface area contributed by atoms with Crippen molar-refractivity contribution < 1.29 is 14.3 Å². The number of aromatic nitrogens is 5. The third kappa shape index (κ3) is 5.37. The fourth-order valence-corrected chi connectivity index (χ4v) is 3.92. The topological polar surface area (TPSA) is 168 Å². The van der Waals surface area contributed by atoms with Gasteiger partial charge in [-0.05, 0) is 44.2 Å². The minimum absolute atomic E-state index is 0.265. The van der Waals surface area contributed by atoms with Gasteiger partial charge in [-0.1, -0.05) is 12.2 Å². The maximum atomic E-state index is 13.0. The number of methoxy groups -OCH3 is 1. The summed E-state index contributed by atoms with van der Waals surface area (Å²) in [5, 5.41) is 10.4. The van der Waals surface area contributed by atoms with E-state index in [9.17, 15) is 9.59 Å². The molecule has 0 unspecified atom stereocenters. The number of nitrogens with one attached hydrogen (secondary N) is 2. The number of allylic oxidation sites excluding steroid dienone is 1. The van der Waals surface area contributed by atoms with Crippen LogP contribution in [0.3, 0.4) is 0 Å². The predicted molar refractivity (Wildman–Crippen MR) is 142 cm³/mol. The number of nitrogen functional groups attached to an aromatic ring is 1. The Kier molecular flexibility index (Phi) is 7.37. The van der Waals surface area contributed by atoms with Crippen LogP contribution in [0.25, 0.3) is 11.2 Å². The number of carbonyl (C=O) groups is 2. The van der Waals surface area contributed by atoms with Gasteiger partial charge in [0.1, 0.15) is 22.6 Å².